The Bertz CT molecular complexity index is 8610. The van der Waals surface area contributed by atoms with Crippen LogP contribution in [0.4, 0.5) is 0 Å². The smallest absolute Gasteiger partial charge is 0.238 e. The minimum absolute atomic E-state index is 0.514. The Kier molecular flexibility index (Phi) is 11.7. The zero-order valence-corrected chi connectivity index (χ0v) is 60.4. The van der Waals surface area contributed by atoms with E-state index in [0.29, 0.717) is 17.6 Å². The van der Waals surface area contributed by atoms with Crippen molar-refractivity contribution in [3.05, 3.63) is 327 Å². The summed E-state index contributed by atoms with van der Waals surface area (Å²) in [5, 5.41) is 29.4. The van der Waals surface area contributed by atoms with Gasteiger partial charge < -0.3 is 13.3 Å². The summed E-state index contributed by atoms with van der Waals surface area (Å²) < 4.78 is 24.5. The summed E-state index contributed by atoms with van der Waals surface area (Å²) in [5.74, 6) is 1.13. The van der Waals surface area contributed by atoms with Crippen molar-refractivity contribution in [3.8, 4) is 56.7 Å². The lowest BCUT2D eigenvalue weighted by atomic mass is 9.84. The van der Waals surface area contributed by atoms with Crippen LogP contribution in [0, 0.1) is 0 Å². The van der Waals surface area contributed by atoms with Gasteiger partial charge in [-0.05, 0) is 166 Å². The Morgan fingerprint density at radius 3 is 1.23 bits per heavy atom. The number of rotatable bonds is 5. The SMILES string of the molecule is CC1(C)c2ccc(-c3ccc4c(c3)c3ccccc3c3ccc5c(c6ccc7ccccc7c6n5-c5nc(-c6ccc7oc8ccccc8c7c6)c6c(n5)oc5ccccc56)c34)cc2-c2c(-c3ccc4oc5ccccc5c4c3)nc(-n3c4ccc5c6ccccc6c6ccccc6c5c4c4ccc5ccccc5c43)nc21. The predicted molar refractivity (Wildman–Crippen MR) is 462 cm³/mol. The van der Waals surface area contributed by atoms with Crippen LogP contribution in [0.3, 0.4) is 0 Å². The third-order valence-corrected chi connectivity index (χ3v) is 24.8. The summed E-state index contributed by atoms with van der Waals surface area (Å²) >= 11 is 0. The summed E-state index contributed by atoms with van der Waals surface area (Å²) in [6, 6.07) is 115. The van der Waals surface area contributed by atoms with Crippen LogP contribution in [-0.2, 0) is 5.41 Å². The van der Waals surface area contributed by atoms with E-state index in [2.05, 4.69) is 308 Å². The quantitative estimate of drug-likeness (QED) is 0.158. The van der Waals surface area contributed by atoms with Gasteiger partial charge in [-0.25, -0.2) is 15.0 Å². The molecule has 0 N–H and O–H groups in total. The highest BCUT2D eigenvalue weighted by Gasteiger charge is 2.41. The number of nitrogens with zero attached hydrogens (tertiary/aromatic N) is 6. The number of aromatic nitrogens is 6. The van der Waals surface area contributed by atoms with E-state index in [1.807, 2.05) is 30.3 Å². The van der Waals surface area contributed by atoms with Crippen molar-refractivity contribution in [1.82, 2.24) is 29.1 Å². The van der Waals surface area contributed by atoms with Crippen LogP contribution >= 0.6 is 0 Å². The maximum Gasteiger partial charge on any atom is 0.238 e. The molecule has 0 saturated carbocycles. The van der Waals surface area contributed by atoms with Gasteiger partial charge in [0, 0.05) is 92.1 Å². The lowest BCUT2D eigenvalue weighted by Gasteiger charge is -2.22. The van der Waals surface area contributed by atoms with E-state index in [9.17, 15) is 0 Å². The fourth-order valence-corrected chi connectivity index (χ4v) is 19.9. The molecule has 7 heterocycles. The van der Waals surface area contributed by atoms with Crippen molar-refractivity contribution in [2.45, 2.75) is 19.3 Å². The molecule has 0 radical (unpaired) electrons. The largest absolute Gasteiger partial charge is 0.456 e. The molecule has 0 saturated heterocycles. The van der Waals surface area contributed by atoms with Crippen LogP contribution in [-0.4, -0.2) is 29.1 Å². The molecular weight excluding hydrogens is 1370 g/mol. The van der Waals surface area contributed by atoms with Crippen molar-refractivity contribution in [3.63, 3.8) is 0 Å². The average molecular weight is 1430 g/mol. The molecule has 0 bridgehead atoms. The van der Waals surface area contributed by atoms with Crippen molar-refractivity contribution >= 4 is 196 Å². The zero-order chi connectivity index (χ0) is 73.1. The van der Waals surface area contributed by atoms with Gasteiger partial charge in [-0.1, -0.05) is 250 Å². The molecule has 518 valence electrons. The van der Waals surface area contributed by atoms with E-state index in [1.165, 1.54) is 59.4 Å². The minimum Gasteiger partial charge on any atom is -0.456 e. The number of furan rings is 3. The van der Waals surface area contributed by atoms with Gasteiger partial charge in [0.05, 0.1) is 44.5 Å². The predicted octanol–water partition coefficient (Wildman–Crippen LogP) is 27.7. The number of hydrogen-bond donors (Lipinski definition) is 0. The van der Waals surface area contributed by atoms with E-state index in [0.717, 1.165) is 187 Å². The Balaban J connectivity index is 0.705. The Labute approximate surface area is 636 Å². The van der Waals surface area contributed by atoms with Gasteiger partial charge in [0.2, 0.25) is 17.6 Å². The summed E-state index contributed by atoms with van der Waals surface area (Å²) in [5.41, 5.74) is 18.2. The maximum atomic E-state index is 6.83. The molecular formula is C103H58N6O3. The van der Waals surface area contributed by atoms with Crippen LogP contribution in [0.25, 0.3) is 252 Å². The monoisotopic (exact) mass is 1430 g/mol. The molecule has 26 rings (SSSR count). The van der Waals surface area contributed by atoms with Gasteiger partial charge >= 0.3 is 0 Å². The van der Waals surface area contributed by atoms with E-state index in [1.54, 1.807) is 0 Å². The molecule has 0 spiro atoms. The average Bonchev–Trinajstić information content (AvgIpc) is 1.61. The highest BCUT2D eigenvalue weighted by Crippen LogP contribution is 2.55. The first-order valence-electron chi connectivity index (χ1n) is 38.3. The number of para-hydroxylation sites is 3. The molecule has 18 aromatic carbocycles. The summed E-state index contributed by atoms with van der Waals surface area (Å²) in [7, 11) is 0. The molecule has 112 heavy (non-hydrogen) atoms. The molecule has 7 aromatic heterocycles. The first-order chi connectivity index (χ1) is 55.3. The normalized spacial score (nSPS) is 13.2. The highest BCUT2D eigenvalue weighted by molar-refractivity contribution is 6.39. The molecule has 9 nitrogen and oxygen atoms in total. The van der Waals surface area contributed by atoms with Crippen molar-refractivity contribution < 1.29 is 13.3 Å². The van der Waals surface area contributed by atoms with Gasteiger partial charge in [0.15, 0.2) is 0 Å². The van der Waals surface area contributed by atoms with Gasteiger partial charge in [0.25, 0.3) is 0 Å². The topological polar surface area (TPSA) is 101 Å². The third-order valence-electron chi connectivity index (χ3n) is 24.8. The maximum absolute atomic E-state index is 6.83. The molecule has 9 heteroatoms. The van der Waals surface area contributed by atoms with E-state index < -0.39 is 5.41 Å². The number of benzene rings is 18. The summed E-state index contributed by atoms with van der Waals surface area (Å²) in [6.07, 6.45) is 0. The molecule has 0 atom stereocenters. The highest BCUT2D eigenvalue weighted by atomic mass is 16.3. The molecule has 1 aliphatic rings. The third kappa shape index (κ3) is 7.99. The van der Waals surface area contributed by atoms with Crippen molar-refractivity contribution in [2.75, 3.05) is 0 Å². The first-order valence-corrected chi connectivity index (χ1v) is 38.3. The Hall–Kier alpha value is -14.8. The molecule has 1 aliphatic carbocycles. The second kappa shape index (κ2) is 21.8. The second-order valence-electron chi connectivity index (χ2n) is 30.9. The molecule has 0 amide bonds. The van der Waals surface area contributed by atoms with Crippen LogP contribution in [0.5, 0.6) is 0 Å². The van der Waals surface area contributed by atoms with E-state index in [-0.39, 0.29) is 0 Å². The Morgan fingerprint density at radius 1 is 0.259 bits per heavy atom. The van der Waals surface area contributed by atoms with E-state index >= 15 is 0 Å². The van der Waals surface area contributed by atoms with Crippen LogP contribution in [0.15, 0.2) is 329 Å². The van der Waals surface area contributed by atoms with Crippen LogP contribution < -0.4 is 0 Å². The van der Waals surface area contributed by atoms with Crippen LogP contribution in [0.2, 0.25) is 0 Å². The lowest BCUT2D eigenvalue weighted by Crippen LogP contribution is -2.18. The van der Waals surface area contributed by atoms with E-state index in [4.69, 9.17) is 33.2 Å². The van der Waals surface area contributed by atoms with Gasteiger partial charge in [-0.2, -0.15) is 4.98 Å². The fraction of sp³-hybridized carbons (Fsp3) is 0.0291. The van der Waals surface area contributed by atoms with Crippen molar-refractivity contribution in [2.24, 2.45) is 0 Å². The Morgan fingerprint density at radius 2 is 0.652 bits per heavy atom. The van der Waals surface area contributed by atoms with Crippen molar-refractivity contribution in [1.29, 1.82) is 0 Å². The standard InChI is InChI=1S/C103H58N6O3/c1-103(2)81-46-38-58(52-80(81)93-95(59-39-49-87-78(53-59)68-28-13-16-32-84(68)110-87)104-101(106-99(93)103)108-82-47-44-71-65-25-8-7-23-63(65)64-24-11-12-30-70(64)89(71)91(82)75-42-35-55-19-3-5-21-61(55)97(75)108)57-37-41-73-77(51-57)67-27-10-9-26-66(67)72-45-48-83-92(90(72)73)76-43-36-56-20-4-6-22-62(56)98(76)109(83)102-105-96(94-74-31-15-18-34-86(74)112-100(94)107-102)60-40-50-88-79(54-60)69-29-14-17-33-85(69)111-88/h3-54H,1-2H3. The molecule has 0 unspecified atom stereocenters. The second-order valence-corrected chi connectivity index (χ2v) is 30.9. The lowest BCUT2D eigenvalue weighted by molar-refractivity contribution is 0.632. The van der Waals surface area contributed by atoms with Gasteiger partial charge in [0.1, 0.15) is 27.9 Å². The fourth-order valence-electron chi connectivity index (χ4n) is 19.9. The van der Waals surface area contributed by atoms with Gasteiger partial charge in [-0.15, -0.1) is 0 Å². The van der Waals surface area contributed by atoms with Gasteiger partial charge in [-0.3, -0.25) is 9.13 Å². The van der Waals surface area contributed by atoms with Crippen LogP contribution in [0.1, 0.15) is 25.1 Å². The summed E-state index contributed by atoms with van der Waals surface area (Å²) in [4.78, 5) is 23.3. The minimum atomic E-state index is -0.562. The first kappa shape index (κ1) is 60.2. The molecule has 25 aromatic rings. The molecule has 0 aliphatic heterocycles. The zero-order valence-electron chi connectivity index (χ0n) is 60.4. The summed E-state index contributed by atoms with van der Waals surface area (Å²) in [6.45, 7) is 4.69. The number of hydrogen-bond acceptors (Lipinski definition) is 7. The molecule has 0 fully saturated rings. The number of fused-ring (bicyclic) bond motifs is 36.